The van der Waals surface area contributed by atoms with Crippen LogP contribution in [-0.4, -0.2) is 15.8 Å². The molecule has 0 spiro atoms. The van der Waals surface area contributed by atoms with Crippen LogP contribution in [-0.2, 0) is 6.54 Å². The number of aromatic nitrogens is 2. The number of anilines is 1. The van der Waals surface area contributed by atoms with Gasteiger partial charge in [0.05, 0.1) is 5.69 Å². The van der Waals surface area contributed by atoms with Crippen LogP contribution in [0.2, 0.25) is 5.02 Å². The molecular formula is C19H18ClFN4O. The first-order valence-corrected chi connectivity index (χ1v) is 8.43. The third kappa shape index (κ3) is 4.03. The molecule has 1 heterocycles. The maximum atomic E-state index is 14.4. The Morgan fingerprint density at radius 3 is 2.62 bits per heavy atom. The lowest BCUT2D eigenvalue weighted by Gasteiger charge is -2.11. The molecule has 134 valence electrons. The summed E-state index contributed by atoms with van der Waals surface area (Å²) in [5.74, 6) is -0.472. The number of amides is 2. The Kier molecular flexibility index (Phi) is 5.23. The topological polar surface area (TPSA) is 59.0 Å². The molecule has 2 aromatic carbocycles. The summed E-state index contributed by atoms with van der Waals surface area (Å²) < 4.78 is 16.0. The van der Waals surface area contributed by atoms with Crippen LogP contribution in [0.5, 0.6) is 0 Å². The van der Waals surface area contributed by atoms with E-state index in [0.717, 1.165) is 17.0 Å². The Hall–Kier alpha value is -2.86. The number of rotatable bonds is 4. The molecule has 0 aliphatic heterocycles. The lowest BCUT2D eigenvalue weighted by atomic mass is 10.2. The normalized spacial score (nSPS) is 10.6. The minimum Gasteiger partial charge on any atom is -0.334 e. The van der Waals surface area contributed by atoms with E-state index in [1.54, 1.807) is 18.2 Å². The monoisotopic (exact) mass is 372 g/mol. The van der Waals surface area contributed by atoms with Gasteiger partial charge in [0.2, 0.25) is 0 Å². The predicted molar refractivity (Wildman–Crippen MR) is 100 cm³/mol. The van der Waals surface area contributed by atoms with Crippen LogP contribution in [0.1, 0.15) is 17.0 Å². The van der Waals surface area contributed by atoms with E-state index in [-0.39, 0.29) is 6.54 Å². The van der Waals surface area contributed by atoms with Crippen molar-refractivity contribution in [3.05, 3.63) is 76.3 Å². The highest BCUT2D eigenvalue weighted by Gasteiger charge is 2.11. The van der Waals surface area contributed by atoms with Crippen molar-refractivity contribution in [3.63, 3.8) is 0 Å². The van der Waals surface area contributed by atoms with Gasteiger partial charge in [-0.15, -0.1) is 0 Å². The first-order valence-electron chi connectivity index (χ1n) is 8.05. The Morgan fingerprint density at radius 2 is 1.96 bits per heavy atom. The number of urea groups is 1. The average molecular weight is 373 g/mol. The second-order valence-electron chi connectivity index (χ2n) is 5.90. The van der Waals surface area contributed by atoms with Crippen molar-refractivity contribution in [1.29, 1.82) is 0 Å². The summed E-state index contributed by atoms with van der Waals surface area (Å²) in [6.07, 6.45) is 0. The van der Waals surface area contributed by atoms with Crippen molar-refractivity contribution in [3.8, 4) is 5.69 Å². The zero-order valence-corrected chi connectivity index (χ0v) is 15.1. The molecule has 0 bridgehead atoms. The molecule has 2 N–H and O–H groups in total. The molecule has 0 unspecified atom stereocenters. The number of aryl methyl sites for hydroxylation is 2. The number of halogens is 2. The summed E-state index contributed by atoms with van der Waals surface area (Å²) in [4.78, 5) is 12.0. The molecule has 26 heavy (non-hydrogen) atoms. The van der Waals surface area contributed by atoms with E-state index in [2.05, 4.69) is 15.7 Å². The maximum absolute atomic E-state index is 14.4. The molecule has 0 aliphatic rings. The van der Waals surface area contributed by atoms with Gasteiger partial charge < -0.3 is 10.6 Å². The molecular weight excluding hydrogens is 355 g/mol. The second-order valence-corrected chi connectivity index (χ2v) is 6.31. The molecule has 0 atom stereocenters. The first kappa shape index (κ1) is 17.9. The molecule has 0 radical (unpaired) electrons. The highest BCUT2D eigenvalue weighted by molar-refractivity contribution is 6.31. The maximum Gasteiger partial charge on any atom is 0.319 e. The van der Waals surface area contributed by atoms with E-state index in [4.69, 9.17) is 11.6 Å². The molecule has 2 amide bonds. The van der Waals surface area contributed by atoms with Crippen LogP contribution in [0, 0.1) is 19.7 Å². The second kappa shape index (κ2) is 7.58. The molecule has 0 aliphatic carbocycles. The smallest absolute Gasteiger partial charge is 0.319 e. The van der Waals surface area contributed by atoms with Gasteiger partial charge in [-0.25, -0.2) is 13.9 Å². The number of hydrogen-bond donors (Lipinski definition) is 2. The largest absolute Gasteiger partial charge is 0.334 e. The Morgan fingerprint density at radius 1 is 1.19 bits per heavy atom. The average Bonchev–Trinajstić information content (AvgIpc) is 2.92. The van der Waals surface area contributed by atoms with E-state index in [0.29, 0.717) is 16.4 Å². The summed E-state index contributed by atoms with van der Waals surface area (Å²) >= 11 is 6.05. The van der Waals surface area contributed by atoms with Crippen molar-refractivity contribution in [2.75, 3.05) is 5.32 Å². The Labute approximate surface area is 155 Å². The fourth-order valence-electron chi connectivity index (χ4n) is 2.62. The standard InChI is InChI=1S/C19H18ClFN4O/c1-12-9-13(2)25(24-12)18-8-7-15(10-17(18)21)23-19(26)22-11-14-5-3-4-6-16(14)20/h3-10H,11H2,1-2H3,(H2,22,23,26). The van der Waals surface area contributed by atoms with Gasteiger partial charge in [-0.3, -0.25) is 0 Å². The summed E-state index contributed by atoms with van der Waals surface area (Å²) in [5.41, 5.74) is 3.13. The van der Waals surface area contributed by atoms with Crippen LogP contribution >= 0.6 is 11.6 Å². The summed E-state index contributed by atoms with van der Waals surface area (Å²) in [6, 6.07) is 13.1. The number of benzene rings is 2. The quantitative estimate of drug-likeness (QED) is 0.703. The molecule has 1 aromatic heterocycles. The molecule has 0 fully saturated rings. The highest BCUT2D eigenvalue weighted by Crippen LogP contribution is 2.20. The van der Waals surface area contributed by atoms with Gasteiger partial charge in [0.1, 0.15) is 5.69 Å². The van der Waals surface area contributed by atoms with Crippen LogP contribution in [0.3, 0.4) is 0 Å². The Balaban J connectivity index is 1.67. The van der Waals surface area contributed by atoms with Crippen LogP contribution in [0.15, 0.2) is 48.5 Å². The Bertz CT molecular complexity index is 954. The third-order valence-electron chi connectivity index (χ3n) is 3.84. The van der Waals surface area contributed by atoms with Gasteiger partial charge in [0.15, 0.2) is 5.82 Å². The summed E-state index contributed by atoms with van der Waals surface area (Å²) in [7, 11) is 0. The lowest BCUT2D eigenvalue weighted by Crippen LogP contribution is -2.28. The minimum absolute atomic E-state index is 0.276. The lowest BCUT2D eigenvalue weighted by molar-refractivity contribution is 0.251. The fourth-order valence-corrected chi connectivity index (χ4v) is 2.82. The SMILES string of the molecule is Cc1cc(C)n(-c2ccc(NC(=O)NCc3ccccc3Cl)cc2F)n1. The zero-order chi connectivity index (χ0) is 18.7. The van der Waals surface area contributed by atoms with Gasteiger partial charge in [-0.2, -0.15) is 5.10 Å². The van der Waals surface area contributed by atoms with Crippen LogP contribution < -0.4 is 10.6 Å². The van der Waals surface area contributed by atoms with Gasteiger partial charge in [-0.1, -0.05) is 29.8 Å². The van der Waals surface area contributed by atoms with E-state index in [1.807, 2.05) is 38.1 Å². The number of hydrogen-bond acceptors (Lipinski definition) is 2. The number of nitrogens with zero attached hydrogens (tertiary/aromatic N) is 2. The van der Waals surface area contributed by atoms with Crippen molar-refractivity contribution in [2.24, 2.45) is 0 Å². The van der Waals surface area contributed by atoms with Gasteiger partial charge >= 0.3 is 6.03 Å². The molecule has 7 heteroatoms. The van der Waals surface area contributed by atoms with Crippen molar-refractivity contribution >= 4 is 23.3 Å². The van der Waals surface area contributed by atoms with Crippen molar-refractivity contribution < 1.29 is 9.18 Å². The van der Waals surface area contributed by atoms with Gasteiger partial charge in [0, 0.05) is 22.9 Å². The van der Waals surface area contributed by atoms with Gasteiger partial charge in [-0.05, 0) is 49.7 Å². The van der Waals surface area contributed by atoms with E-state index in [1.165, 1.54) is 10.7 Å². The number of carbonyl (C=O) groups excluding carboxylic acids is 1. The fraction of sp³-hybridized carbons (Fsp3) is 0.158. The highest BCUT2D eigenvalue weighted by atomic mass is 35.5. The van der Waals surface area contributed by atoms with E-state index < -0.39 is 11.8 Å². The number of carbonyl (C=O) groups is 1. The zero-order valence-electron chi connectivity index (χ0n) is 14.4. The van der Waals surface area contributed by atoms with Crippen LogP contribution in [0.25, 0.3) is 5.69 Å². The van der Waals surface area contributed by atoms with Crippen molar-refractivity contribution in [1.82, 2.24) is 15.1 Å². The predicted octanol–water partition coefficient (Wildman–Crippen LogP) is 4.60. The third-order valence-corrected chi connectivity index (χ3v) is 4.21. The molecule has 3 aromatic rings. The van der Waals surface area contributed by atoms with Crippen LogP contribution in [0.4, 0.5) is 14.9 Å². The minimum atomic E-state index is -0.472. The molecule has 0 saturated heterocycles. The number of nitrogens with one attached hydrogen (secondary N) is 2. The molecule has 5 nitrogen and oxygen atoms in total. The summed E-state index contributed by atoms with van der Waals surface area (Å²) in [6.45, 7) is 3.98. The molecule has 0 saturated carbocycles. The summed E-state index contributed by atoms with van der Waals surface area (Å²) in [5, 5.41) is 10.1. The first-order chi connectivity index (χ1) is 12.4. The van der Waals surface area contributed by atoms with E-state index in [9.17, 15) is 9.18 Å². The van der Waals surface area contributed by atoms with Crippen molar-refractivity contribution in [2.45, 2.75) is 20.4 Å². The molecule has 3 rings (SSSR count). The van der Waals surface area contributed by atoms with Gasteiger partial charge in [0.25, 0.3) is 0 Å². The van der Waals surface area contributed by atoms with E-state index >= 15 is 0 Å².